The zero-order valence-electron chi connectivity index (χ0n) is 8.40. The van der Waals surface area contributed by atoms with Crippen molar-refractivity contribution in [2.45, 2.75) is 46.0 Å². The maximum atomic E-state index is 5.63. The van der Waals surface area contributed by atoms with Crippen LogP contribution in [0.1, 0.15) is 46.0 Å². The van der Waals surface area contributed by atoms with Gasteiger partial charge in [-0.2, -0.15) is 0 Å². The zero-order valence-corrected chi connectivity index (χ0v) is 8.40. The number of rotatable bonds is 2. The molecule has 1 saturated carbocycles. The average molecular weight is 167 g/mol. The van der Waals surface area contributed by atoms with Gasteiger partial charge in [0, 0.05) is 6.54 Å². The maximum absolute atomic E-state index is 5.63. The first-order chi connectivity index (χ1) is 5.77. The predicted octanol–water partition coefficient (Wildman–Crippen LogP) is 2.86. The Morgan fingerprint density at radius 3 is 2.92 bits per heavy atom. The number of nitrogens with two attached hydrogens (primary N) is 1. The molecular formula is C11H21N. The van der Waals surface area contributed by atoms with E-state index in [4.69, 9.17) is 5.73 Å². The summed E-state index contributed by atoms with van der Waals surface area (Å²) in [5, 5.41) is 0. The molecule has 1 aliphatic carbocycles. The Balaban J connectivity index is 2.56. The molecule has 1 aliphatic rings. The van der Waals surface area contributed by atoms with E-state index in [9.17, 15) is 0 Å². The van der Waals surface area contributed by atoms with E-state index in [2.05, 4.69) is 13.8 Å². The molecule has 1 unspecified atom stereocenters. The highest BCUT2D eigenvalue weighted by Gasteiger charge is 2.16. The number of hydrogen-bond acceptors (Lipinski definition) is 1. The smallest absolute Gasteiger partial charge is 0.0136 e. The molecule has 0 spiro atoms. The summed E-state index contributed by atoms with van der Waals surface area (Å²) in [6.07, 6.45) is 6.77. The van der Waals surface area contributed by atoms with Gasteiger partial charge in [0.05, 0.1) is 0 Å². The average Bonchev–Trinajstić information content (AvgIpc) is 2.17. The Morgan fingerprint density at radius 2 is 2.33 bits per heavy atom. The molecule has 12 heavy (non-hydrogen) atoms. The molecule has 0 saturated heterocycles. The molecule has 0 aromatic carbocycles. The van der Waals surface area contributed by atoms with Crippen molar-refractivity contribution >= 4 is 0 Å². The second kappa shape index (κ2) is 4.66. The molecule has 1 nitrogen and oxygen atoms in total. The van der Waals surface area contributed by atoms with E-state index in [1.165, 1.54) is 37.7 Å². The molecule has 0 radical (unpaired) electrons. The number of hydrogen-bond donors (Lipinski definition) is 1. The summed E-state index contributed by atoms with van der Waals surface area (Å²) in [6.45, 7) is 5.24. The molecule has 70 valence electrons. The summed E-state index contributed by atoms with van der Waals surface area (Å²) in [7, 11) is 0. The van der Waals surface area contributed by atoms with Gasteiger partial charge in [0.2, 0.25) is 0 Å². The lowest BCUT2D eigenvalue weighted by Crippen LogP contribution is -2.11. The van der Waals surface area contributed by atoms with Gasteiger partial charge >= 0.3 is 0 Å². The van der Waals surface area contributed by atoms with Crippen molar-refractivity contribution in [1.82, 2.24) is 0 Å². The van der Waals surface area contributed by atoms with Crippen molar-refractivity contribution in [2.24, 2.45) is 11.7 Å². The fourth-order valence-corrected chi connectivity index (χ4v) is 2.04. The third-order valence-electron chi connectivity index (χ3n) is 3.11. The van der Waals surface area contributed by atoms with Gasteiger partial charge in [-0.25, -0.2) is 0 Å². The fourth-order valence-electron chi connectivity index (χ4n) is 2.04. The molecule has 0 heterocycles. The third kappa shape index (κ3) is 2.34. The largest absolute Gasteiger partial charge is 0.327 e. The molecule has 0 aromatic rings. The van der Waals surface area contributed by atoms with Crippen molar-refractivity contribution in [2.75, 3.05) is 6.54 Å². The van der Waals surface area contributed by atoms with E-state index in [0.29, 0.717) is 0 Å². The molecule has 2 N–H and O–H groups in total. The summed E-state index contributed by atoms with van der Waals surface area (Å²) >= 11 is 0. The zero-order chi connectivity index (χ0) is 8.97. The summed E-state index contributed by atoms with van der Waals surface area (Å²) in [6, 6.07) is 0. The van der Waals surface area contributed by atoms with Gasteiger partial charge in [-0.05, 0) is 38.5 Å². The monoisotopic (exact) mass is 167 g/mol. The second-order valence-electron chi connectivity index (χ2n) is 3.96. The normalized spacial score (nSPS) is 28.8. The first-order valence-electron chi connectivity index (χ1n) is 5.15. The van der Waals surface area contributed by atoms with Gasteiger partial charge < -0.3 is 5.73 Å². The van der Waals surface area contributed by atoms with Gasteiger partial charge in [0.15, 0.2) is 0 Å². The van der Waals surface area contributed by atoms with Crippen LogP contribution in [0, 0.1) is 5.92 Å². The second-order valence-corrected chi connectivity index (χ2v) is 3.96. The van der Waals surface area contributed by atoms with Gasteiger partial charge in [-0.3, -0.25) is 0 Å². The summed E-state index contributed by atoms with van der Waals surface area (Å²) in [4.78, 5) is 0. The van der Waals surface area contributed by atoms with Crippen LogP contribution < -0.4 is 5.73 Å². The molecule has 0 aliphatic heterocycles. The quantitative estimate of drug-likeness (QED) is 0.629. The molecule has 1 atom stereocenters. The highest BCUT2D eigenvalue weighted by atomic mass is 14.5. The first kappa shape index (κ1) is 9.79. The van der Waals surface area contributed by atoms with E-state index in [1.807, 2.05) is 0 Å². The molecule has 1 rings (SSSR count). The highest BCUT2D eigenvalue weighted by Crippen LogP contribution is 2.31. The van der Waals surface area contributed by atoms with Crippen molar-refractivity contribution < 1.29 is 0 Å². The van der Waals surface area contributed by atoms with Gasteiger partial charge in [0.25, 0.3) is 0 Å². The minimum absolute atomic E-state index is 0.756. The van der Waals surface area contributed by atoms with Crippen molar-refractivity contribution in [3.63, 3.8) is 0 Å². The Morgan fingerprint density at radius 1 is 1.58 bits per heavy atom. The molecule has 0 amide bonds. The summed E-state index contributed by atoms with van der Waals surface area (Å²) in [5.41, 5.74) is 8.72. The standard InChI is InChI=1S/C11H21N/c1-3-10-5-4-6-11(7-10)9(2)8-12/h10H,3-8,12H2,1-2H3. The summed E-state index contributed by atoms with van der Waals surface area (Å²) in [5.74, 6) is 0.940. The van der Waals surface area contributed by atoms with Crippen LogP contribution in [0.5, 0.6) is 0 Å². The lowest BCUT2D eigenvalue weighted by Gasteiger charge is -2.24. The Bertz CT molecular complexity index is 170. The molecule has 1 heteroatoms. The van der Waals surface area contributed by atoms with Crippen LogP contribution in [0.4, 0.5) is 0 Å². The van der Waals surface area contributed by atoms with Crippen LogP contribution >= 0.6 is 0 Å². The van der Waals surface area contributed by atoms with Gasteiger partial charge in [-0.1, -0.05) is 24.5 Å². The molecular weight excluding hydrogens is 146 g/mol. The van der Waals surface area contributed by atoms with E-state index in [0.717, 1.165) is 12.5 Å². The van der Waals surface area contributed by atoms with Gasteiger partial charge in [0.1, 0.15) is 0 Å². The van der Waals surface area contributed by atoms with Crippen LogP contribution in [-0.2, 0) is 0 Å². The Kier molecular flexibility index (Phi) is 3.80. The van der Waals surface area contributed by atoms with Crippen LogP contribution in [0.25, 0.3) is 0 Å². The van der Waals surface area contributed by atoms with Crippen molar-refractivity contribution in [3.05, 3.63) is 11.1 Å². The van der Waals surface area contributed by atoms with Crippen LogP contribution in [0.15, 0.2) is 11.1 Å². The summed E-state index contributed by atoms with van der Waals surface area (Å²) < 4.78 is 0. The van der Waals surface area contributed by atoms with Crippen molar-refractivity contribution in [3.8, 4) is 0 Å². The fraction of sp³-hybridized carbons (Fsp3) is 0.818. The van der Waals surface area contributed by atoms with Crippen LogP contribution in [0.2, 0.25) is 0 Å². The minimum Gasteiger partial charge on any atom is -0.327 e. The number of allylic oxidation sites excluding steroid dienone is 1. The van der Waals surface area contributed by atoms with E-state index < -0.39 is 0 Å². The molecule has 0 aromatic heterocycles. The minimum atomic E-state index is 0.756. The van der Waals surface area contributed by atoms with Gasteiger partial charge in [-0.15, -0.1) is 0 Å². The molecule has 0 bridgehead atoms. The third-order valence-corrected chi connectivity index (χ3v) is 3.11. The Hall–Kier alpha value is -0.300. The van der Waals surface area contributed by atoms with Crippen molar-refractivity contribution in [1.29, 1.82) is 0 Å². The lowest BCUT2D eigenvalue weighted by molar-refractivity contribution is 0.404. The Labute approximate surface area is 76.0 Å². The van der Waals surface area contributed by atoms with Crippen LogP contribution in [-0.4, -0.2) is 6.54 Å². The SMILES string of the molecule is CCC1CCCC(=C(C)CN)C1. The van der Waals surface area contributed by atoms with E-state index >= 15 is 0 Å². The molecule has 1 fully saturated rings. The topological polar surface area (TPSA) is 26.0 Å². The predicted molar refractivity (Wildman–Crippen MR) is 54.0 cm³/mol. The highest BCUT2D eigenvalue weighted by molar-refractivity contribution is 5.15. The maximum Gasteiger partial charge on any atom is 0.0136 e. The van der Waals surface area contributed by atoms with E-state index in [1.54, 1.807) is 5.57 Å². The lowest BCUT2D eigenvalue weighted by atomic mass is 9.82. The van der Waals surface area contributed by atoms with E-state index in [-0.39, 0.29) is 0 Å². The van der Waals surface area contributed by atoms with Crippen LogP contribution in [0.3, 0.4) is 0 Å². The first-order valence-corrected chi connectivity index (χ1v) is 5.15.